The summed E-state index contributed by atoms with van der Waals surface area (Å²) >= 11 is 0. The van der Waals surface area contributed by atoms with Gasteiger partial charge in [-0.1, -0.05) is 6.07 Å². The SMILES string of the molecule is CC(C)(C(=O)c1ccc(NC(=O)O)cn1)c1cccnc1. The van der Waals surface area contributed by atoms with Crippen molar-refractivity contribution in [3.63, 3.8) is 0 Å². The summed E-state index contributed by atoms with van der Waals surface area (Å²) in [6.45, 7) is 3.61. The van der Waals surface area contributed by atoms with Gasteiger partial charge in [0.25, 0.3) is 0 Å². The highest BCUT2D eigenvalue weighted by atomic mass is 16.4. The van der Waals surface area contributed by atoms with E-state index in [9.17, 15) is 9.59 Å². The Hall–Kier alpha value is -2.76. The number of aromatic nitrogens is 2. The number of amides is 1. The number of nitrogens with one attached hydrogen (secondary N) is 1. The molecule has 0 aliphatic rings. The van der Waals surface area contributed by atoms with E-state index in [0.717, 1.165) is 5.56 Å². The number of rotatable bonds is 4. The molecule has 0 aliphatic carbocycles. The minimum absolute atomic E-state index is 0.155. The van der Waals surface area contributed by atoms with Gasteiger partial charge in [0.05, 0.1) is 17.3 Å². The molecule has 0 atom stereocenters. The second kappa shape index (κ2) is 5.70. The number of carbonyl (C=O) groups is 2. The normalized spacial score (nSPS) is 11.0. The molecule has 0 aliphatic heterocycles. The van der Waals surface area contributed by atoms with E-state index < -0.39 is 11.5 Å². The van der Waals surface area contributed by atoms with Crippen LogP contribution in [-0.4, -0.2) is 27.0 Å². The molecule has 0 fully saturated rings. The molecule has 0 bridgehead atoms. The molecule has 21 heavy (non-hydrogen) atoms. The monoisotopic (exact) mass is 285 g/mol. The first-order chi connectivity index (χ1) is 9.91. The van der Waals surface area contributed by atoms with Crippen molar-refractivity contribution >= 4 is 17.6 Å². The second-order valence-corrected chi connectivity index (χ2v) is 5.06. The van der Waals surface area contributed by atoms with Crippen LogP contribution in [-0.2, 0) is 5.41 Å². The van der Waals surface area contributed by atoms with Gasteiger partial charge in [-0.3, -0.25) is 20.1 Å². The number of pyridine rings is 2. The average Bonchev–Trinajstić information content (AvgIpc) is 2.47. The van der Waals surface area contributed by atoms with Crippen molar-refractivity contribution in [3.8, 4) is 0 Å². The van der Waals surface area contributed by atoms with Crippen molar-refractivity contribution in [2.24, 2.45) is 0 Å². The van der Waals surface area contributed by atoms with Crippen molar-refractivity contribution in [3.05, 3.63) is 54.1 Å². The zero-order valence-electron chi connectivity index (χ0n) is 11.7. The summed E-state index contributed by atoms with van der Waals surface area (Å²) in [7, 11) is 0. The van der Waals surface area contributed by atoms with Gasteiger partial charge in [0.1, 0.15) is 5.69 Å². The molecule has 0 saturated heterocycles. The molecule has 2 N–H and O–H groups in total. The van der Waals surface area contributed by atoms with Crippen LogP contribution in [0.3, 0.4) is 0 Å². The molecule has 1 amide bonds. The summed E-state index contributed by atoms with van der Waals surface area (Å²) in [4.78, 5) is 31.1. The lowest BCUT2D eigenvalue weighted by molar-refractivity contribution is 0.0903. The van der Waals surface area contributed by atoms with Gasteiger partial charge < -0.3 is 5.11 Å². The minimum Gasteiger partial charge on any atom is -0.465 e. The fourth-order valence-electron chi connectivity index (χ4n) is 1.91. The first kappa shape index (κ1) is 14.6. The standard InChI is InChI=1S/C15H15N3O3/c1-15(2,10-4-3-7-16-8-10)13(19)12-6-5-11(9-17-12)18-14(20)21/h3-9,18H,1-2H3,(H,20,21). The highest BCUT2D eigenvalue weighted by Crippen LogP contribution is 2.26. The molecule has 2 aromatic heterocycles. The predicted octanol–water partition coefficient (Wildman–Crippen LogP) is 2.73. The first-order valence-electron chi connectivity index (χ1n) is 6.32. The molecular weight excluding hydrogens is 270 g/mol. The highest BCUT2D eigenvalue weighted by molar-refractivity contribution is 6.02. The van der Waals surface area contributed by atoms with Crippen LogP contribution in [0.5, 0.6) is 0 Å². The maximum absolute atomic E-state index is 12.6. The van der Waals surface area contributed by atoms with Gasteiger partial charge in [0, 0.05) is 12.4 Å². The zero-order valence-corrected chi connectivity index (χ0v) is 11.7. The van der Waals surface area contributed by atoms with E-state index in [1.807, 2.05) is 6.07 Å². The molecule has 0 spiro atoms. The van der Waals surface area contributed by atoms with Crippen molar-refractivity contribution in [2.75, 3.05) is 5.32 Å². The fraction of sp³-hybridized carbons (Fsp3) is 0.200. The number of anilines is 1. The van der Waals surface area contributed by atoms with Gasteiger partial charge in [0.2, 0.25) is 0 Å². The lowest BCUT2D eigenvalue weighted by Crippen LogP contribution is -2.30. The van der Waals surface area contributed by atoms with Gasteiger partial charge in [0.15, 0.2) is 5.78 Å². The largest absolute Gasteiger partial charge is 0.465 e. The molecule has 108 valence electrons. The van der Waals surface area contributed by atoms with E-state index in [0.29, 0.717) is 5.69 Å². The Balaban J connectivity index is 2.25. The van der Waals surface area contributed by atoms with Gasteiger partial charge in [-0.25, -0.2) is 4.79 Å². The van der Waals surface area contributed by atoms with Crippen LogP contribution >= 0.6 is 0 Å². The van der Waals surface area contributed by atoms with E-state index in [1.165, 1.54) is 18.3 Å². The van der Waals surface area contributed by atoms with E-state index >= 15 is 0 Å². The Bertz CT molecular complexity index is 652. The van der Waals surface area contributed by atoms with Crippen molar-refractivity contribution in [1.82, 2.24) is 9.97 Å². The first-order valence-corrected chi connectivity index (χ1v) is 6.32. The van der Waals surface area contributed by atoms with Crippen LogP contribution in [0.15, 0.2) is 42.9 Å². The molecule has 6 nitrogen and oxygen atoms in total. The summed E-state index contributed by atoms with van der Waals surface area (Å²) in [5.74, 6) is -0.155. The maximum atomic E-state index is 12.6. The van der Waals surface area contributed by atoms with Gasteiger partial charge in [-0.2, -0.15) is 0 Å². The van der Waals surface area contributed by atoms with Crippen molar-refractivity contribution in [1.29, 1.82) is 0 Å². The predicted molar refractivity (Wildman–Crippen MR) is 77.5 cm³/mol. The number of ketones is 1. The Morgan fingerprint density at radius 2 is 1.95 bits per heavy atom. The number of carbonyl (C=O) groups excluding carboxylic acids is 1. The van der Waals surface area contributed by atoms with E-state index in [-0.39, 0.29) is 11.5 Å². The van der Waals surface area contributed by atoms with Gasteiger partial charge in [-0.05, 0) is 37.6 Å². The third-order valence-electron chi connectivity index (χ3n) is 3.20. The highest BCUT2D eigenvalue weighted by Gasteiger charge is 2.31. The number of hydrogen-bond donors (Lipinski definition) is 2. The lowest BCUT2D eigenvalue weighted by Gasteiger charge is -2.22. The van der Waals surface area contributed by atoms with Crippen LogP contribution in [0.1, 0.15) is 29.9 Å². The van der Waals surface area contributed by atoms with Crippen LogP contribution in [0.25, 0.3) is 0 Å². The van der Waals surface area contributed by atoms with Crippen LogP contribution in [0.4, 0.5) is 10.5 Å². The zero-order chi connectivity index (χ0) is 15.5. The summed E-state index contributed by atoms with van der Waals surface area (Å²) < 4.78 is 0. The number of hydrogen-bond acceptors (Lipinski definition) is 4. The van der Waals surface area contributed by atoms with Gasteiger partial charge >= 0.3 is 6.09 Å². The fourth-order valence-corrected chi connectivity index (χ4v) is 1.91. The average molecular weight is 285 g/mol. The molecule has 2 aromatic rings. The summed E-state index contributed by atoms with van der Waals surface area (Å²) in [6.07, 6.45) is 3.44. The quantitative estimate of drug-likeness (QED) is 0.843. The number of nitrogens with zero attached hydrogens (tertiary/aromatic N) is 2. The molecule has 6 heteroatoms. The second-order valence-electron chi connectivity index (χ2n) is 5.06. The van der Waals surface area contributed by atoms with Crippen LogP contribution in [0.2, 0.25) is 0 Å². The Morgan fingerprint density at radius 1 is 1.19 bits per heavy atom. The maximum Gasteiger partial charge on any atom is 0.409 e. The molecule has 0 saturated carbocycles. The molecule has 0 aromatic carbocycles. The Kier molecular flexibility index (Phi) is 3.98. The third kappa shape index (κ3) is 3.22. The molecule has 0 unspecified atom stereocenters. The topological polar surface area (TPSA) is 92.2 Å². The summed E-state index contributed by atoms with van der Waals surface area (Å²) in [5, 5.41) is 10.8. The van der Waals surface area contributed by atoms with E-state index in [1.54, 1.807) is 32.3 Å². The number of carboxylic acid groups (broad SMARTS) is 1. The summed E-state index contributed by atoms with van der Waals surface area (Å²) in [5.41, 5.74) is 0.630. The molecular formula is C15H15N3O3. The van der Waals surface area contributed by atoms with E-state index in [2.05, 4.69) is 15.3 Å². The Labute approximate surface area is 121 Å². The molecule has 2 heterocycles. The molecule has 0 radical (unpaired) electrons. The smallest absolute Gasteiger partial charge is 0.409 e. The lowest BCUT2D eigenvalue weighted by atomic mass is 9.80. The van der Waals surface area contributed by atoms with Gasteiger partial charge in [-0.15, -0.1) is 0 Å². The number of Topliss-reactive ketones (excluding diaryl/α,β-unsaturated/α-hetero) is 1. The Morgan fingerprint density at radius 3 is 2.48 bits per heavy atom. The van der Waals surface area contributed by atoms with Crippen molar-refractivity contribution in [2.45, 2.75) is 19.3 Å². The van der Waals surface area contributed by atoms with E-state index in [4.69, 9.17) is 5.11 Å². The van der Waals surface area contributed by atoms with Crippen molar-refractivity contribution < 1.29 is 14.7 Å². The van der Waals surface area contributed by atoms with Crippen LogP contribution in [0, 0.1) is 0 Å². The molecule has 2 rings (SSSR count). The van der Waals surface area contributed by atoms with Crippen LogP contribution < -0.4 is 5.32 Å². The third-order valence-corrected chi connectivity index (χ3v) is 3.20. The minimum atomic E-state index is -1.17. The summed E-state index contributed by atoms with van der Waals surface area (Å²) in [6, 6.07) is 6.63.